The molecule has 0 atom stereocenters. The van der Waals surface area contributed by atoms with Crippen molar-refractivity contribution < 1.29 is 34.0 Å². The molecule has 3 aromatic carbocycles. The van der Waals surface area contributed by atoms with Gasteiger partial charge in [0.25, 0.3) is 0 Å². The summed E-state index contributed by atoms with van der Waals surface area (Å²) in [5, 5.41) is 19.1. The number of aromatic hydroxyl groups is 1. The van der Waals surface area contributed by atoms with Gasteiger partial charge >= 0.3 is 5.97 Å². The number of phenols is 1. The molecule has 0 aliphatic carbocycles. The maximum Gasteiger partial charge on any atom is 0.339 e. The molecule has 7 nitrogen and oxygen atoms in total. The molecule has 0 radical (unpaired) electrons. The van der Waals surface area contributed by atoms with Crippen LogP contribution < -0.4 is 9.47 Å². The van der Waals surface area contributed by atoms with E-state index in [0.717, 1.165) is 16.9 Å². The second-order valence-corrected chi connectivity index (χ2v) is 8.13. The van der Waals surface area contributed by atoms with E-state index >= 15 is 0 Å². The number of hydrogen-bond acceptors (Lipinski definition) is 6. The van der Waals surface area contributed by atoms with Crippen LogP contribution in [0.2, 0.25) is 0 Å². The third-order valence-corrected chi connectivity index (χ3v) is 5.43. The molecule has 2 N–H and O–H groups in total. The number of carboxylic acid groups (broad SMARTS) is 1. The quantitative estimate of drug-likeness (QED) is 0.274. The lowest BCUT2D eigenvalue weighted by Crippen LogP contribution is -2.19. The van der Waals surface area contributed by atoms with Gasteiger partial charge < -0.3 is 29.2 Å². The Kier molecular flexibility index (Phi) is 8.90. The van der Waals surface area contributed by atoms with Gasteiger partial charge in [0.2, 0.25) is 0 Å². The molecule has 0 aromatic heterocycles. The summed E-state index contributed by atoms with van der Waals surface area (Å²) >= 11 is 0. The van der Waals surface area contributed by atoms with Crippen LogP contribution in [0.1, 0.15) is 35.3 Å². The summed E-state index contributed by atoms with van der Waals surface area (Å²) in [6.07, 6.45) is 0. The highest BCUT2D eigenvalue weighted by atomic mass is 16.7. The first kappa shape index (κ1) is 25.1. The molecule has 0 spiro atoms. The van der Waals surface area contributed by atoms with E-state index in [1.807, 2.05) is 68.4 Å². The number of ether oxygens (including phenoxy) is 4. The minimum absolute atomic E-state index is 0.113. The lowest BCUT2D eigenvalue weighted by atomic mass is 9.77. The van der Waals surface area contributed by atoms with Crippen LogP contribution in [0, 0.1) is 0 Å². The Bertz CT molecular complexity index is 1050. The molecule has 0 aliphatic rings. The molecule has 3 aromatic rings. The van der Waals surface area contributed by atoms with E-state index in [1.165, 1.54) is 12.1 Å². The molecule has 0 heterocycles. The number of carboxylic acids is 1. The predicted octanol–water partition coefficient (Wildman–Crippen LogP) is 4.86. The van der Waals surface area contributed by atoms with Crippen molar-refractivity contribution in [1.82, 2.24) is 0 Å². The average molecular weight is 467 g/mol. The van der Waals surface area contributed by atoms with Crippen molar-refractivity contribution in [2.24, 2.45) is 0 Å². The van der Waals surface area contributed by atoms with Gasteiger partial charge in [-0.15, -0.1) is 0 Å². The Hall–Kier alpha value is -3.55. The molecule has 180 valence electrons. The first-order valence-corrected chi connectivity index (χ1v) is 11.0. The zero-order valence-electron chi connectivity index (χ0n) is 19.4. The minimum Gasteiger partial charge on any atom is -0.507 e. The van der Waals surface area contributed by atoms with E-state index in [9.17, 15) is 15.0 Å². The van der Waals surface area contributed by atoms with E-state index in [0.29, 0.717) is 32.2 Å². The molecular formula is C27H30O7. The number of para-hydroxylation sites is 1. The molecular weight excluding hydrogens is 436 g/mol. The molecule has 0 bridgehead atoms. The molecule has 34 heavy (non-hydrogen) atoms. The summed E-state index contributed by atoms with van der Waals surface area (Å²) in [6, 6.07) is 21.8. The summed E-state index contributed by atoms with van der Waals surface area (Å²) in [5.74, 6) is 0.108. The highest BCUT2D eigenvalue weighted by Gasteiger charge is 2.25. The first-order valence-electron chi connectivity index (χ1n) is 11.0. The molecule has 3 rings (SSSR count). The van der Waals surface area contributed by atoms with E-state index in [1.54, 1.807) is 6.07 Å². The Labute approximate surface area is 199 Å². The summed E-state index contributed by atoms with van der Waals surface area (Å²) in [6.45, 7) is 5.82. The van der Waals surface area contributed by atoms with Gasteiger partial charge in [-0.05, 0) is 47.5 Å². The fourth-order valence-corrected chi connectivity index (χ4v) is 3.36. The van der Waals surface area contributed by atoms with Gasteiger partial charge in [0.1, 0.15) is 42.8 Å². The van der Waals surface area contributed by atoms with Crippen LogP contribution in [0.3, 0.4) is 0 Å². The standard InChI is InChI=1S/C27H30O7/c1-27(2,21-10-13-25(28)24(18-21)26(29)30)20-8-11-23(12-9-20)34-17-15-32-19-31-14-16-33-22-6-4-3-5-7-22/h3-13,18,28H,14-17,19H2,1-2H3,(H,29,30). The molecule has 7 heteroatoms. The normalized spacial score (nSPS) is 11.2. The second-order valence-electron chi connectivity index (χ2n) is 8.13. The molecule has 0 saturated heterocycles. The fraction of sp³-hybridized carbons (Fsp3) is 0.296. The van der Waals surface area contributed by atoms with Gasteiger partial charge in [0, 0.05) is 5.41 Å². The van der Waals surface area contributed by atoms with Crippen LogP contribution in [0.4, 0.5) is 0 Å². The number of carbonyl (C=O) groups is 1. The Morgan fingerprint density at radius 2 is 1.32 bits per heavy atom. The summed E-state index contributed by atoms with van der Waals surface area (Å²) in [4.78, 5) is 11.3. The first-order chi connectivity index (χ1) is 16.4. The van der Waals surface area contributed by atoms with Gasteiger partial charge in [-0.25, -0.2) is 4.79 Å². The zero-order chi connectivity index (χ0) is 24.4. The Balaban J connectivity index is 1.38. The average Bonchev–Trinajstić information content (AvgIpc) is 2.84. The Morgan fingerprint density at radius 1 is 0.765 bits per heavy atom. The zero-order valence-corrected chi connectivity index (χ0v) is 19.4. The molecule has 0 fully saturated rings. The van der Waals surface area contributed by atoms with Crippen molar-refractivity contribution in [2.75, 3.05) is 33.2 Å². The fourth-order valence-electron chi connectivity index (χ4n) is 3.36. The number of hydrogen-bond donors (Lipinski definition) is 2. The van der Waals surface area contributed by atoms with E-state index in [4.69, 9.17) is 18.9 Å². The third-order valence-electron chi connectivity index (χ3n) is 5.43. The van der Waals surface area contributed by atoms with Gasteiger partial charge in [-0.1, -0.05) is 50.2 Å². The Morgan fingerprint density at radius 3 is 1.91 bits per heavy atom. The molecule has 0 saturated carbocycles. The van der Waals surface area contributed by atoms with Crippen molar-refractivity contribution in [2.45, 2.75) is 19.3 Å². The largest absolute Gasteiger partial charge is 0.507 e. The van der Waals surface area contributed by atoms with Crippen molar-refractivity contribution >= 4 is 5.97 Å². The van der Waals surface area contributed by atoms with Crippen LogP contribution in [0.15, 0.2) is 72.8 Å². The van der Waals surface area contributed by atoms with Gasteiger partial charge in [-0.2, -0.15) is 0 Å². The monoisotopic (exact) mass is 466 g/mol. The number of aromatic carboxylic acids is 1. The smallest absolute Gasteiger partial charge is 0.339 e. The number of benzene rings is 3. The van der Waals surface area contributed by atoms with Crippen LogP contribution >= 0.6 is 0 Å². The van der Waals surface area contributed by atoms with E-state index in [2.05, 4.69) is 0 Å². The van der Waals surface area contributed by atoms with Crippen molar-refractivity contribution in [3.63, 3.8) is 0 Å². The molecule has 0 amide bonds. The second kappa shape index (κ2) is 12.1. The van der Waals surface area contributed by atoms with Crippen LogP contribution in [-0.2, 0) is 14.9 Å². The van der Waals surface area contributed by atoms with E-state index < -0.39 is 11.4 Å². The SMILES string of the molecule is CC(C)(c1ccc(OCCOCOCCOc2ccccc2)cc1)c1ccc(O)c(C(=O)O)c1. The highest BCUT2D eigenvalue weighted by molar-refractivity contribution is 5.91. The minimum atomic E-state index is -1.16. The summed E-state index contributed by atoms with van der Waals surface area (Å²) in [5.41, 5.74) is 1.21. The van der Waals surface area contributed by atoms with Gasteiger partial charge in [-0.3, -0.25) is 0 Å². The van der Waals surface area contributed by atoms with Crippen LogP contribution in [-0.4, -0.2) is 49.4 Å². The van der Waals surface area contributed by atoms with Crippen LogP contribution in [0.25, 0.3) is 0 Å². The van der Waals surface area contributed by atoms with Gasteiger partial charge in [0.05, 0.1) is 13.2 Å². The molecule has 0 aliphatic heterocycles. The highest BCUT2D eigenvalue weighted by Crippen LogP contribution is 2.34. The van der Waals surface area contributed by atoms with Crippen molar-refractivity contribution in [3.8, 4) is 17.2 Å². The number of rotatable bonds is 13. The van der Waals surface area contributed by atoms with Crippen LogP contribution in [0.5, 0.6) is 17.2 Å². The lowest BCUT2D eigenvalue weighted by Gasteiger charge is -2.26. The van der Waals surface area contributed by atoms with Gasteiger partial charge in [0.15, 0.2) is 0 Å². The lowest BCUT2D eigenvalue weighted by molar-refractivity contribution is -0.0662. The van der Waals surface area contributed by atoms with Crippen molar-refractivity contribution in [3.05, 3.63) is 89.5 Å². The van der Waals surface area contributed by atoms with Crippen molar-refractivity contribution in [1.29, 1.82) is 0 Å². The summed E-state index contributed by atoms with van der Waals surface area (Å²) < 4.78 is 22.0. The summed E-state index contributed by atoms with van der Waals surface area (Å²) in [7, 11) is 0. The molecule has 0 unspecified atom stereocenters. The topological polar surface area (TPSA) is 94.5 Å². The maximum atomic E-state index is 11.3. The van der Waals surface area contributed by atoms with E-state index in [-0.39, 0.29) is 18.1 Å². The third kappa shape index (κ3) is 6.97. The maximum absolute atomic E-state index is 11.3. The predicted molar refractivity (Wildman–Crippen MR) is 128 cm³/mol.